The second kappa shape index (κ2) is 4.71. The van der Waals surface area contributed by atoms with Gasteiger partial charge in [-0.3, -0.25) is 0 Å². The molecule has 1 aliphatic rings. The van der Waals surface area contributed by atoms with Crippen molar-refractivity contribution in [2.24, 2.45) is 0 Å². The van der Waals surface area contributed by atoms with Gasteiger partial charge in [0.2, 0.25) is 0 Å². The number of rotatable bonds is 3. The predicted octanol–water partition coefficient (Wildman–Crippen LogP) is 3.15. The summed E-state index contributed by atoms with van der Waals surface area (Å²) < 4.78 is 5.50. The fourth-order valence-electron chi connectivity index (χ4n) is 2.70. The molecule has 0 spiro atoms. The third-order valence-electron chi connectivity index (χ3n) is 4.05. The van der Waals surface area contributed by atoms with Gasteiger partial charge in [0.05, 0.1) is 18.6 Å². The molecule has 0 radical (unpaired) electrons. The summed E-state index contributed by atoms with van der Waals surface area (Å²) in [5.74, 6) is 0. The van der Waals surface area contributed by atoms with Gasteiger partial charge in [-0.15, -0.1) is 0 Å². The molecule has 1 heterocycles. The van der Waals surface area contributed by atoms with E-state index in [0.29, 0.717) is 0 Å². The highest BCUT2D eigenvalue weighted by molar-refractivity contribution is 5.49. The summed E-state index contributed by atoms with van der Waals surface area (Å²) in [6.45, 7) is 3.65. The van der Waals surface area contributed by atoms with Crippen LogP contribution in [0.15, 0.2) is 48.5 Å². The zero-order valence-corrected chi connectivity index (χ0v) is 11.2. The monoisotopic (exact) mass is 253 g/mol. The molecule has 0 amide bonds. The highest BCUT2D eigenvalue weighted by Gasteiger charge is 2.41. The maximum absolute atomic E-state index is 5.92. The molecule has 0 aromatic heterocycles. The first-order valence-electron chi connectivity index (χ1n) is 6.78. The van der Waals surface area contributed by atoms with E-state index in [1.807, 2.05) is 12.1 Å². The Labute approximate surface area is 114 Å². The Morgan fingerprint density at radius 3 is 2.32 bits per heavy atom. The second-order valence-corrected chi connectivity index (χ2v) is 5.25. The normalized spacial score (nSPS) is 16.9. The van der Waals surface area contributed by atoms with E-state index in [0.717, 1.165) is 25.3 Å². The number of ether oxygens (including phenoxy) is 1. The van der Waals surface area contributed by atoms with Crippen LogP contribution in [-0.4, -0.2) is 13.2 Å². The summed E-state index contributed by atoms with van der Waals surface area (Å²) in [6.07, 6.45) is 1.07. The van der Waals surface area contributed by atoms with Crippen LogP contribution < -0.4 is 5.73 Å². The smallest absolute Gasteiger partial charge is 0.0670 e. The molecule has 0 saturated carbocycles. The van der Waals surface area contributed by atoms with E-state index in [2.05, 4.69) is 43.3 Å². The lowest BCUT2D eigenvalue weighted by Crippen LogP contribution is -2.47. The van der Waals surface area contributed by atoms with Crippen molar-refractivity contribution in [1.82, 2.24) is 0 Å². The van der Waals surface area contributed by atoms with Gasteiger partial charge in [0, 0.05) is 5.69 Å². The third kappa shape index (κ3) is 2.02. The Morgan fingerprint density at radius 1 is 1.05 bits per heavy atom. The van der Waals surface area contributed by atoms with Crippen LogP contribution in [-0.2, 0) is 16.6 Å². The van der Waals surface area contributed by atoms with Crippen molar-refractivity contribution in [3.05, 3.63) is 65.2 Å². The van der Waals surface area contributed by atoms with Crippen molar-refractivity contribution in [3.63, 3.8) is 0 Å². The molecule has 3 rings (SSSR count). The molecule has 2 nitrogen and oxygen atoms in total. The van der Waals surface area contributed by atoms with Crippen LogP contribution in [0.2, 0.25) is 0 Å². The Balaban J connectivity index is 2.02. The first-order chi connectivity index (χ1) is 9.24. The summed E-state index contributed by atoms with van der Waals surface area (Å²) in [6, 6.07) is 17.0. The largest absolute Gasteiger partial charge is 0.399 e. The van der Waals surface area contributed by atoms with E-state index in [-0.39, 0.29) is 5.41 Å². The van der Waals surface area contributed by atoms with Crippen molar-refractivity contribution in [1.29, 1.82) is 0 Å². The number of anilines is 1. The van der Waals surface area contributed by atoms with Crippen LogP contribution in [0, 0.1) is 0 Å². The molecule has 2 aromatic carbocycles. The van der Waals surface area contributed by atoms with Gasteiger partial charge in [-0.25, -0.2) is 0 Å². The maximum atomic E-state index is 5.92. The van der Waals surface area contributed by atoms with E-state index in [4.69, 9.17) is 10.5 Å². The summed E-state index contributed by atoms with van der Waals surface area (Å²) in [7, 11) is 0. The van der Waals surface area contributed by atoms with E-state index in [1.165, 1.54) is 16.7 Å². The standard InChI is InChI=1S/C17H19NO/c1-2-13-6-8-14(9-7-13)17(11-19-12-17)15-4-3-5-16(18)10-15/h3-10H,2,11-12,18H2,1H3. The minimum absolute atomic E-state index is 0.0123. The van der Waals surface area contributed by atoms with Gasteiger partial charge >= 0.3 is 0 Å². The highest BCUT2D eigenvalue weighted by Crippen LogP contribution is 2.39. The molecule has 0 unspecified atom stereocenters. The fraction of sp³-hybridized carbons (Fsp3) is 0.294. The van der Waals surface area contributed by atoms with E-state index in [1.54, 1.807) is 0 Å². The maximum Gasteiger partial charge on any atom is 0.0670 e. The van der Waals surface area contributed by atoms with E-state index < -0.39 is 0 Å². The molecule has 2 N–H and O–H groups in total. The minimum Gasteiger partial charge on any atom is -0.399 e. The summed E-state index contributed by atoms with van der Waals surface area (Å²) in [5.41, 5.74) is 10.7. The van der Waals surface area contributed by atoms with Gasteiger partial charge in [0.1, 0.15) is 0 Å². The van der Waals surface area contributed by atoms with Crippen LogP contribution in [0.4, 0.5) is 5.69 Å². The van der Waals surface area contributed by atoms with Crippen LogP contribution in [0.1, 0.15) is 23.6 Å². The van der Waals surface area contributed by atoms with E-state index in [9.17, 15) is 0 Å². The van der Waals surface area contributed by atoms with Crippen molar-refractivity contribution < 1.29 is 4.74 Å². The molecule has 0 bridgehead atoms. The van der Waals surface area contributed by atoms with Crippen molar-refractivity contribution in [2.75, 3.05) is 18.9 Å². The Bertz CT molecular complexity index is 570. The first kappa shape index (κ1) is 12.2. The SMILES string of the molecule is CCc1ccc(C2(c3cccc(N)c3)COC2)cc1. The number of benzene rings is 2. The molecule has 2 heteroatoms. The van der Waals surface area contributed by atoms with Crippen LogP contribution in [0.3, 0.4) is 0 Å². The fourth-order valence-corrected chi connectivity index (χ4v) is 2.70. The zero-order chi connectivity index (χ0) is 13.3. The summed E-state index contributed by atoms with van der Waals surface area (Å²) in [5, 5.41) is 0. The van der Waals surface area contributed by atoms with Crippen LogP contribution >= 0.6 is 0 Å². The molecule has 98 valence electrons. The molecule has 0 atom stereocenters. The average Bonchev–Trinajstić information content (AvgIpc) is 2.38. The molecular weight excluding hydrogens is 234 g/mol. The third-order valence-corrected chi connectivity index (χ3v) is 4.05. The molecular formula is C17H19NO. The van der Waals surface area contributed by atoms with Crippen molar-refractivity contribution in [2.45, 2.75) is 18.8 Å². The minimum atomic E-state index is -0.0123. The highest BCUT2D eigenvalue weighted by atomic mass is 16.5. The number of hydrogen-bond donors (Lipinski definition) is 1. The summed E-state index contributed by atoms with van der Waals surface area (Å²) in [4.78, 5) is 0. The first-order valence-corrected chi connectivity index (χ1v) is 6.78. The van der Waals surface area contributed by atoms with Gasteiger partial charge in [-0.2, -0.15) is 0 Å². The van der Waals surface area contributed by atoms with Gasteiger partial charge in [-0.1, -0.05) is 43.3 Å². The Kier molecular flexibility index (Phi) is 3.03. The average molecular weight is 253 g/mol. The zero-order valence-electron chi connectivity index (χ0n) is 11.2. The molecule has 2 aromatic rings. The molecule has 1 fully saturated rings. The number of nitrogens with two attached hydrogens (primary N) is 1. The van der Waals surface area contributed by atoms with Gasteiger partial charge in [-0.05, 0) is 35.2 Å². The number of aryl methyl sites for hydroxylation is 1. The Morgan fingerprint density at radius 2 is 1.79 bits per heavy atom. The number of hydrogen-bond acceptors (Lipinski definition) is 2. The van der Waals surface area contributed by atoms with Gasteiger partial charge in [0.25, 0.3) is 0 Å². The lowest BCUT2D eigenvalue weighted by molar-refractivity contribution is -0.0379. The molecule has 1 aliphatic heterocycles. The lowest BCUT2D eigenvalue weighted by Gasteiger charge is -2.42. The van der Waals surface area contributed by atoms with E-state index >= 15 is 0 Å². The van der Waals surface area contributed by atoms with Crippen LogP contribution in [0.5, 0.6) is 0 Å². The Hall–Kier alpha value is -1.80. The summed E-state index contributed by atoms with van der Waals surface area (Å²) >= 11 is 0. The van der Waals surface area contributed by atoms with Crippen LogP contribution in [0.25, 0.3) is 0 Å². The van der Waals surface area contributed by atoms with Crippen molar-refractivity contribution in [3.8, 4) is 0 Å². The van der Waals surface area contributed by atoms with Gasteiger partial charge < -0.3 is 10.5 Å². The lowest BCUT2D eigenvalue weighted by atomic mass is 9.72. The number of nitrogen functional groups attached to an aromatic ring is 1. The molecule has 19 heavy (non-hydrogen) atoms. The second-order valence-electron chi connectivity index (χ2n) is 5.25. The molecule has 1 saturated heterocycles. The quantitative estimate of drug-likeness (QED) is 0.853. The molecule has 0 aliphatic carbocycles. The van der Waals surface area contributed by atoms with Crippen molar-refractivity contribution >= 4 is 5.69 Å². The predicted molar refractivity (Wildman–Crippen MR) is 78.3 cm³/mol. The topological polar surface area (TPSA) is 35.2 Å². The van der Waals surface area contributed by atoms with Gasteiger partial charge in [0.15, 0.2) is 0 Å².